The zero-order valence-electron chi connectivity index (χ0n) is 11.1. The molecule has 18 heavy (non-hydrogen) atoms. The first kappa shape index (κ1) is 12.0. The van der Waals surface area contributed by atoms with Gasteiger partial charge in [-0.1, -0.05) is 12.1 Å². The molecule has 0 saturated carbocycles. The average Bonchev–Trinajstić information content (AvgIpc) is 2.68. The lowest BCUT2D eigenvalue weighted by molar-refractivity contribution is 0.144. The minimum atomic E-state index is 0.598. The van der Waals surface area contributed by atoms with Gasteiger partial charge in [0.1, 0.15) is 0 Å². The van der Waals surface area contributed by atoms with Crippen molar-refractivity contribution in [2.45, 2.75) is 51.0 Å². The molecule has 2 heteroatoms. The van der Waals surface area contributed by atoms with Crippen molar-refractivity contribution in [3.63, 3.8) is 0 Å². The van der Waals surface area contributed by atoms with Crippen LogP contribution in [0.1, 0.15) is 43.2 Å². The predicted molar refractivity (Wildman–Crippen MR) is 75.2 cm³/mol. The van der Waals surface area contributed by atoms with Crippen molar-refractivity contribution in [2.75, 3.05) is 18.5 Å². The second kappa shape index (κ2) is 5.75. The summed E-state index contributed by atoms with van der Waals surface area (Å²) in [6.07, 6.45) is 8.79. The summed E-state index contributed by atoms with van der Waals surface area (Å²) < 4.78 is 5.54. The summed E-state index contributed by atoms with van der Waals surface area (Å²) in [4.78, 5) is 0. The third-order valence-electron chi connectivity index (χ3n) is 4.21. The quantitative estimate of drug-likeness (QED) is 0.860. The highest BCUT2D eigenvalue weighted by molar-refractivity contribution is 5.56. The average molecular weight is 245 g/mol. The molecule has 0 radical (unpaired) electrons. The van der Waals surface area contributed by atoms with Gasteiger partial charge in [0, 0.05) is 24.9 Å². The van der Waals surface area contributed by atoms with Crippen molar-refractivity contribution in [3.8, 4) is 0 Å². The molecule has 2 nitrogen and oxygen atoms in total. The summed E-state index contributed by atoms with van der Waals surface area (Å²) in [5.74, 6) is 0. The van der Waals surface area contributed by atoms with Gasteiger partial charge in [-0.2, -0.15) is 0 Å². The Kier molecular flexibility index (Phi) is 3.84. The molecule has 98 valence electrons. The smallest absolute Gasteiger partial charge is 0.0485 e. The molecule has 0 aromatic heterocycles. The monoisotopic (exact) mass is 245 g/mol. The lowest BCUT2D eigenvalue weighted by atomic mass is 9.90. The Labute approximate surface area is 110 Å². The number of hydrogen-bond acceptors (Lipinski definition) is 2. The standard InChI is InChI=1S/C16H23NO/c1-2-8-15-13(5-1)6-3-9-16(15)17-14-7-4-11-18-12-10-14/h3,6,9,14,17H,1-2,4-5,7-8,10-12H2. The van der Waals surface area contributed by atoms with E-state index in [1.807, 2.05) is 0 Å². The molecule has 1 fully saturated rings. The normalized spacial score (nSPS) is 24.1. The number of anilines is 1. The SMILES string of the molecule is c1cc2c(c(NC3CCCOCC3)c1)CCCC2. The molecule has 1 N–H and O–H groups in total. The molecule has 1 aromatic carbocycles. The maximum Gasteiger partial charge on any atom is 0.0485 e. The lowest BCUT2D eigenvalue weighted by Crippen LogP contribution is -2.21. The second-order valence-corrected chi connectivity index (χ2v) is 5.53. The van der Waals surface area contributed by atoms with Crippen molar-refractivity contribution in [1.82, 2.24) is 0 Å². The molecule has 1 heterocycles. The van der Waals surface area contributed by atoms with Crippen LogP contribution in [0.25, 0.3) is 0 Å². The fourth-order valence-corrected chi connectivity index (χ4v) is 3.18. The lowest BCUT2D eigenvalue weighted by Gasteiger charge is -2.24. The highest BCUT2D eigenvalue weighted by atomic mass is 16.5. The van der Waals surface area contributed by atoms with Gasteiger partial charge in [-0.3, -0.25) is 0 Å². The Hall–Kier alpha value is -1.02. The highest BCUT2D eigenvalue weighted by Crippen LogP contribution is 2.29. The maximum absolute atomic E-state index is 5.54. The van der Waals surface area contributed by atoms with Crippen LogP contribution in [-0.4, -0.2) is 19.3 Å². The molecule has 1 atom stereocenters. The van der Waals surface area contributed by atoms with E-state index in [-0.39, 0.29) is 0 Å². The van der Waals surface area contributed by atoms with Crippen LogP contribution in [0.15, 0.2) is 18.2 Å². The summed E-state index contributed by atoms with van der Waals surface area (Å²) in [6.45, 7) is 1.85. The van der Waals surface area contributed by atoms with E-state index in [2.05, 4.69) is 23.5 Å². The molecular weight excluding hydrogens is 222 g/mol. The molecule has 0 bridgehead atoms. The predicted octanol–water partition coefficient (Wildman–Crippen LogP) is 3.55. The summed E-state index contributed by atoms with van der Waals surface area (Å²) in [7, 11) is 0. The van der Waals surface area contributed by atoms with Crippen molar-refractivity contribution in [3.05, 3.63) is 29.3 Å². The molecule has 2 aliphatic rings. The van der Waals surface area contributed by atoms with E-state index in [9.17, 15) is 0 Å². The topological polar surface area (TPSA) is 21.3 Å². The van der Waals surface area contributed by atoms with E-state index in [4.69, 9.17) is 4.74 Å². The molecule has 1 saturated heterocycles. The Morgan fingerprint density at radius 2 is 1.94 bits per heavy atom. The molecule has 3 rings (SSSR count). The fraction of sp³-hybridized carbons (Fsp3) is 0.625. The molecule has 0 spiro atoms. The Balaban J connectivity index is 1.75. The van der Waals surface area contributed by atoms with E-state index in [0.717, 1.165) is 19.6 Å². The highest BCUT2D eigenvalue weighted by Gasteiger charge is 2.16. The second-order valence-electron chi connectivity index (χ2n) is 5.53. The number of hydrogen-bond donors (Lipinski definition) is 1. The largest absolute Gasteiger partial charge is 0.382 e. The first-order valence-electron chi connectivity index (χ1n) is 7.38. The first-order chi connectivity index (χ1) is 8.93. The third-order valence-corrected chi connectivity index (χ3v) is 4.21. The summed E-state index contributed by atoms with van der Waals surface area (Å²) in [5, 5.41) is 3.77. The van der Waals surface area contributed by atoms with Gasteiger partial charge in [0.2, 0.25) is 0 Å². The van der Waals surface area contributed by atoms with Gasteiger partial charge in [-0.25, -0.2) is 0 Å². The zero-order chi connectivity index (χ0) is 12.2. The van der Waals surface area contributed by atoms with Crippen LogP contribution in [0.3, 0.4) is 0 Å². The number of rotatable bonds is 2. The number of aryl methyl sites for hydroxylation is 1. The molecular formula is C16H23NO. The summed E-state index contributed by atoms with van der Waals surface area (Å²) in [5.41, 5.74) is 4.53. The van der Waals surface area contributed by atoms with E-state index < -0.39 is 0 Å². The minimum Gasteiger partial charge on any atom is -0.382 e. The number of ether oxygens (including phenoxy) is 1. The van der Waals surface area contributed by atoms with Crippen molar-refractivity contribution >= 4 is 5.69 Å². The number of nitrogens with one attached hydrogen (secondary N) is 1. The van der Waals surface area contributed by atoms with E-state index >= 15 is 0 Å². The van der Waals surface area contributed by atoms with Gasteiger partial charge in [-0.15, -0.1) is 0 Å². The maximum atomic E-state index is 5.54. The van der Waals surface area contributed by atoms with E-state index in [1.165, 1.54) is 44.2 Å². The first-order valence-corrected chi connectivity index (χ1v) is 7.38. The zero-order valence-corrected chi connectivity index (χ0v) is 11.1. The Morgan fingerprint density at radius 1 is 1.00 bits per heavy atom. The summed E-state index contributed by atoms with van der Waals surface area (Å²) in [6, 6.07) is 7.37. The van der Waals surface area contributed by atoms with Gasteiger partial charge in [-0.05, 0) is 62.1 Å². The molecule has 1 aromatic rings. The Morgan fingerprint density at radius 3 is 2.94 bits per heavy atom. The van der Waals surface area contributed by atoms with Crippen molar-refractivity contribution < 1.29 is 4.74 Å². The molecule has 1 unspecified atom stereocenters. The van der Waals surface area contributed by atoms with E-state index in [0.29, 0.717) is 6.04 Å². The van der Waals surface area contributed by atoms with Gasteiger partial charge in [0.15, 0.2) is 0 Å². The van der Waals surface area contributed by atoms with Gasteiger partial charge >= 0.3 is 0 Å². The van der Waals surface area contributed by atoms with Crippen LogP contribution in [-0.2, 0) is 17.6 Å². The van der Waals surface area contributed by atoms with Gasteiger partial charge < -0.3 is 10.1 Å². The van der Waals surface area contributed by atoms with Crippen LogP contribution < -0.4 is 5.32 Å². The van der Waals surface area contributed by atoms with Gasteiger partial charge in [0.05, 0.1) is 0 Å². The van der Waals surface area contributed by atoms with Crippen LogP contribution in [0, 0.1) is 0 Å². The number of benzene rings is 1. The molecule has 1 aliphatic heterocycles. The summed E-state index contributed by atoms with van der Waals surface area (Å²) >= 11 is 0. The van der Waals surface area contributed by atoms with Crippen molar-refractivity contribution in [2.24, 2.45) is 0 Å². The van der Waals surface area contributed by atoms with Crippen LogP contribution in [0.2, 0.25) is 0 Å². The third kappa shape index (κ3) is 2.69. The van der Waals surface area contributed by atoms with Gasteiger partial charge in [0.25, 0.3) is 0 Å². The van der Waals surface area contributed by atoms with Crippen molar-refractivity contribution in [1.29, 1.82) is 0 Å². The van der Waals surface area contributed by atoms with E-state index in [1.54, 1.807) is 11.1 Å². The minimum absolute atomic E-state index is 0.598. The Bertz CT molecular complexity index is 394. The van der Waals surface area contributed by atoms with Crippen LogP contribution >= 0.6 is 0 Å². The molecule has 0 amide bonds. The fourth-order valence-electron chi connectivity index (χ4n) is 3.18. The number of fused-ring (bicyclic) bond motifs is 1. The van der Waals surface area contributed by atoms with Crippen LogP contribution in [0.5, 0.6) is 0 Å². The molecule has 1 aliphatic carbocycles. The van der Waals surface area contributed by atoms with Crippen LogP contribution in [0.4, 0.5) is 5.69 Å².